The zero-order valence-corrected chi connectivity index (χ0v) is 39.9. The Morgan fingerprint density at radius 3 is 0.986 bits per heavy atom. The van der Waals surface area contributed by atoms with Crippen LogP contribution in [0, 0.1) is 6.92 Å². The standard InChI is InChI=1S/C61H40N3O8P/c1-38-13-11-14-39(33-38)62-56(65)50-31-26-44(36-54(50)59(62)68)72-45-27-32-52-55(37-45)61(70)64(58(52)67)41-16-12-15-40(34-41)63-57(66)51-30-25-43(35-53(51)60(63)69)71-42-23-28-49(29-24-42)73(46-17-5-2-6-18-46,47-19-7-3-8-20-47)48-21-9-4-10-22-48/h2-37,73H,1H3. The van der Waals surface area contributed by atoms with Gasteiger partial charge >= 0.3 is 233 Å². The number of carbonyl (C=O) groups is 6. The summed E-state index contributed by atoms with van der Waals surface area (Å²) >= 11 is 0. The summed E-state index contributed by atoms with van der Waals surface area (Å²) in [4.78, 5) is 85.8. The van der Waals surface area contributed by atoms with Crippen LogP contribution in [0.15, 0.2) is 218 Å². The van der Waals surface area contributed by atoms with Crippen LogP contribution < -0.4 is 45.4 Å². The molecule has 3 heterocycles. The molecule has 0 N–H and O–H groups in total. The molecule has 73 heavy (non-hydrogen) atoms. The van der Waals surface area contributed by atoms with Crippen molar-refractivity contribution < 1.29 is 38.2 Å². The van der Waals surface area contributed by atoms with E-state index in [1.807, 2.05) is 43.3 Å². The Labute approximate surface area is 419 Å². The van der Waals surface area contributed by atoms with Crippen LogP contribution in [-0.2, 0) is 0 Å². The molecule has 9 aromatic rings. The van der Waals surface area contributed by atoms with Crippen molar-refractivity contribution in [3.63, 3.8) is 0 Å². The number of anilines is 3. The number of rotatable bonds is 11. The van der Waals surface area contributed by atoms with E-state index in [0.29, 0.717) is 17.2 Å². The molecular weight excluding hydrogens is 934 g/mol. The van der Waals surface area contributed by atoms with Gasteiger partial charge in [-0.3, -0.25) is 19.2 Å². The summed E-state index contributed by atoms with van der Waals surface area (Å²) in [6, 6.07) is 66.8. The predicted octanol–water partition coefficient (Wildman–Crippen LogP) is 10.3. The molecule has 3 aliphatic heterocycles. The first-order chi connectivity index (χ1) is 35.6. The summed E-state index contributed by atoms with van der Waals surface area (Å²) in [5.74, 6) is -1.97. The van der Waals surface area contributed by atoms with E-state index >= 15 is 0 Å². The summed E-state index contributed by atoms with van der Waals surface area (Å²) in [5, 5.41) is 4.87. The number of hydrogen-bond acceptors (Lipinski definition) is 8. The molecular formula is C61H40N3O8P. The fraction of sp³-hybridized carbons (Fsp3) is 0.0164. The Morgan fingerprint density at radius 2 is 0.603 bits per heavy atom. The van der Waals surface area contributed by atoms with Gasteiger partial charge in [0, 0.05) is 0 Å². The van der Waals surface area contributed by atoms with Crippen LogP contribution in [0.5, 0.6) is 23.0 Å². The molecule has 6 amide bonds. The number of ether oxygens (including phenoxy) is 2. The van der Waals surface area contributed by atoms with Crippen molar-refractivity contribution in [3.8, 4) is 23.0 Å². The van der Waals surface area contributed by atoms with Crippen LogP contribution in [0.4, 0.5) is 17.1 Å². The van der Waals surface area contributed by atoms with Crippen LogP contribution in [0.1, 0.15) is 67.7 Å². The molecule has 352 valence electrons. The Morgan fingerprint density at radius 1 is 0.288 bits per heavy atom. The second-order valence-corrected chi connectivity index (χ2v) is 21.7. The smallest absolute Gasteiger partial charge is 0.268 e. The van der Waals surface area contributed by atoms with Gasteiger partial charge in [0.2, 0.25) is 0 Å². The summed E-state index contributed by atoms with van der Waals surface area (Å²) in [5.41, 5.74) is 2.59. The number of benzene rings is 9. The molecule has 0 saturated heterocycles. The third-order valence-electron chi connectivity index (χ3n) is 13.6. The van der Waals surface area contributed by atoms with E-state index < -0.39 is 42.7 Å². The fourth-order valence-corrected chi connectivity index (χ4v) is 14.9. The number of aryl methyl sites for hydroxylation is 1. The first kappa shape index (κ1) is 44.6. The molecule has 0 fully saturated rings. The van der Waals surface area contributed by atoms with Gasteiger partial charge in [0.1, 0.15) is 11.5 Å². The third kappa shape index (κ3) is 7.41. The second-order valence-electron chi connectivity index (χ2n) is 17.9. The van der Waals surface area contributed by atoms with Gasteiger partial charge in [0.15, 0.2) is 0 Å². The summed E-state index contributed by atoms with van der Waals surface area (Å²) < 4.78 is 12.4. The van der Waals surface area contributed by atoms with E-state index in [9.17, 15) is 28.8 Å². The van der Waals surface area contributed by atoms with Gasteiger partial charge in [0.25, 0.3) is 23.6 Å². The maximum absolute atomic E-state index is 14.1. The van der Waals surface area contributed by atoms with Crippen molar-refractivity contribution in [3.05, 3.63) is 257 Å². The van der Waals surface area contributed by atoms with Crippen LogP contribution in [-0.4, -0.2) is 35.4 Å². The molecule has 12 rings (SSSR count). The minimum absolute atomic E-state index is 0.0684. The zero-order valence-electron chi connectivity index (χ0n) is 38.9. The van der Waals surface area contributed by atoms with Crippen molar-refractivity contribution in [1.29, 1.82) is 0 Å². The molecule has 0 unspecified atom stereocenters. The van der Waals surface area contributed by atoms with Gasteiger partial charge in [0.05, 0.1) is 33.6 Å². The molecule has 0 saturated carbocycles. The molecule has 12 heteroatoms. The van der Waals surface area contributed by atoms with Crippen molar-refractivity contribution in [2.75, 3.05) is 14.7 Å². The number of imide groups is 3. The number of hydrogen-bond donors (Lipinski definition) is 0. The van der Waals surface area contributed by atoms with E-state index in [-0.39, 0.29) is 56.3 Å². The average molecular weight is 974 g/mol. The first-order valence-corrected chi connectivity index (χ1v) is 25.5. The number of nitrogens with zero attached hydrogens (tertiary/aromatic N) is 3. The molecule has 0 aromatic heterocycles. The minimum Gasteiger partial charge on any atom is -0.268 e. The number of amides is 6. The van der Waals surface area contributed by atoms with Crippen molar-refractivity contribution in [1.82, 2.24) is 0 Å². The van der Waals surface area contributed by atoms with E-state index in [1.54, 1.807) is 60.7 Å². The fourth-order valence-electron chi connectivity index (χ4n) is 10.2. The third-order valence-corrected chi connectivity index (χ3v) is 18.4. The number of fused-ring (bicyclic) bond motifs is 3. The maximum atomic E-state index is 14.1. The van der Waals surface area contributed by atoms with Gasteiger partial charge in [-0.15, -0.1) is 0 Å². The summed E-state index contributed by atoms with van der Waals surface area (Å²) in [6.45, 7) is 1.87. The summed E-state index contributed by atoms with van der Waals surface area (Å²) in [7, 11) is -2.76. The molecule has 0 spiro atoms. The monoisotopic (exact) mass is 973 g/mol. The quantitative estimate of drug-likeness (QED) is 0.0925. The zero-order chi connectivity index (χ0) is 50.0. The Balaban J connectivity index is 0.768. The van der Waals surface area contributed by atoms with E-state index in [2.05, 4.69) is 84.9 Å². The first-order valence-electron chi connectivity index (χ1n) is 23.5. The van der Waals surface area contributed by atoms with Crippen LogP contribution in [0.25, 0.3) is 0 Å². The van der Waals surface area contributed by atoms with Gasteiger partial charge in [-0.25, -0.2) is 9.80 Å². The Kier molecular flexibility index (Phi) is 10.8. The van der Waals surface area contributed by atoms with Crippen LogP contribution in [0.3, 0.4) is 0 Å². The molecule has 11 nitrogen and oxygen atoms in total. The van der Waals surface area contributed by atoms with Gasteiger partial charge in [-0.2, -0.15) is 0 Å². The molecule has 3 aliphatic rings. The SMILES string of the molecule is Cc1cccc(N2C(=O)c3ccc(Oc4ccc5c(c4)C(=O)N(c4cccc(N6C(=O)c7ccc(Oc8ccc([PH](c9ccccc9)(c9ccccc9)c9ccccc9)cc8)cc7C6=O)c4)C5=O)cc3C2=O)c1. The molecule has 0 radical (unpaired) electrons. The van der Waals surface area contributed by atoms with Gasteiger partial charge in [-0.05, 0) is 67.1 Å². The molecule has 0 bridgehead atoms. The van der Waals surface area contributed by atoms with Crippen molar-refractivity contribution in [2.45, 2.75) is 6.92 Å². The Hall–Kier alpha value is -9.57. The van der Waals surface area contributed by atoms with Crippen molar-refractivity contribution in [2.24, 2.45) is 0 Å². The van der Waals surface area contributed by atoms with Crippen LogP contribution >= 0.6 is 7.26 Å². The van der Waals surface area contributed by atoms with Gasteiger partial charge in [-0.1, -0.05) is 18.2 Å². The molecule has 0 atom stereocenters. The number of carbonyl (C=O) groups excluding carboxylic acids is 6. The van der Waals surface area contributed by atoms with E-state index in [4.69, 9.17) is 9.47 Å². The molecule has 9 aromatic carbocycles. The predicted molar refractivity (Wildman–Crippen MR) is 283 cm³/mol. The average Bonchev–Trinajstić information content (AvgIpc) is 3.93. The summed E-state index contributed by atoms with van der Waals surface area (Å²) in [6.07, 6.45) is 0. The van der Waals surface area contributed by atoms with E-state index in [0.717, 1.165) is 25.6 Å². The van der Waals surface area contributed by atoms with Crippen LogP contribution in [0.2, 0.25) is 0 Å². The van der Waals surface area contributed by atoms with E-state index in [1.165, 1.54) is 52.3 Å². The van der Waals surface area contributed by atoms with Crippen molar-refractivity contribution >= 4 is 81.0 Å². The normalized spacial score (nSPS) is 14.1. The Bertz CT molecular complexity index is 3690. The van der Waals surface area contributed by atoms with Gasteiger partial charge < -0.3 is 4.74 Å². The molecule has 0 aliphatic carbocycles. The second kappa shape index (κ2) is 17.7. The minimum atomic E-state index is -2.76. The topological polar surface area (TPSA) is 131 Å².